The van der Waals surface area contributed by atoms with Gasteiger partial charge in [-0.1, -0.05) is 6.92 Å². The normalized spacial score (nSPS) is 16.8. The second-order valence-electron chi connectivity index (χ2n) is 2.24. The molecule has 4 heteroatoms. The van der Waals surface area contributed by atoms with E-state index in [4.69, 9.17) is 15.4 Å². The van der Waals surface area contributed by atoms with Gasteiger partial charge in [0.15, 0.2) is 0 Å². The van der Waals surface area contributed by atoms with Crippen molar-refractivity contribution in [2.75, 3.05) is 6.54 Å². The molecule has 0 aromatic carbocycles. The fourth-order valence-corrected chi connectivity index (χ4v) is 0.677. The molecule has 0 fully saturated rings. The van der Waals surface area contributed by atoms with Gasteiger partial charge in [-0.25, -0.2) is 5.48 Å². The van der Waals surface area contributed by atoms with E-state index in [-0.39, 0.29) is 0 Å². The lowest BCUT2D eigenvalue weighted by molar-refractivity contribution is 0.00698. The van der Waals surface area contributed by atoms with Crippen LogP contribution in [0.15, 0.2) is 0 Å². The Labute approximate surface area is 60.5 Å². The topological polar surface area (TPSA) is 72.7 Å². The SMILES string of the molecule is CCC(O)C(O)CCNO. The van der Waals surface area contributed by atoms with Gasteiger partial charge in [0.05, 0.1) is 12.2 Å². The molecule has 0 spiro atoms. The van der Waals surface area contributed by atoms with Crippen LogP contribution < -0.4 is 5.48 Å². The second kappa shape index (κ2) is 5.61. The third-order valence-corrected chi connectivity index (χ3v) is 1.41. The van der Waals surface area contributed by atoms with Crippen LogP contribution in [0.4, 0.5) is 0 Å². The van der Waals surface area contributed by atoms with Crippen LogP contribution in [0, 0.1) is 0 Å². The Bertz CT molecular complexity index is 79.4. The molecule has 0 aliphatic rings. The van der Waals surface area contributed by atoms with Crippen molar-refractivity contribution < 1.29 is 15.4 Å². The van der Waals surface area contributed by atoms with Crippen LogP contribution >= 0.6 is 0 Å². The van der Waals surface area contributed by atoms with E-state index in [0.717, 1.165) is 0 Å². The molecular weight excluding hydrogens is 134 g/mol. The fraction of sp³-hybridized carbons (Fsp3) is 1.00. The Morgan fingerprint density at radius 3 is 2.30 bits per heavy atom. The average molecular weight is 149 g/mol. The van der Waals surface area contributed by atoms with Gasteiger partial charge in [-0.2, -0.15) is 0 Å². The fourth-order valence-electron chi connectivity index (χ4n) is 0.677. The van der Waals surface area contributed by atoms with E-state index < -0.39 is 12.2 Å². The van der Waals surface area contributed by atoms with Gasteiger partial charge < -0.3 is 15.4 Å². The van der Waals surface area contributed by atoms with Crippen molar-refractivity contribution in [1.29, 1.82) is 0 Å². The number of aliphatic hydroxyl groups excluding tert-OH is 2. The van der Waals surface area contributed by atoms with E-state index in [1.165, 1.54) is 0 Å². The maximum absolute atomic E-state index is 9.05. The Hall–Kier alpha value is -0.160. The zero-order valence-electron chi connectivity index (χ0n) is 6.12. The summed E-state index contributed by atoms with van der Waals surface area (Å²) in [6, 6.07) is 0. The summed E-state index contributed by atoms with van der Waals surface area (Å²) in [5.74, 6) is 0. The zero-order chi connectivity index (χ0) is 7.98. The van der Waals surface area contributed by atoms with Crippen molar-refractivity contribution in [3.05, 3.63) is 0 Å². The summed E-state index contributed by atoms with van der Waals surface area (Å²) in [4.78, 5) is 0. The summed E-state index contributed by atoms with van der Waals surface area (Å²) >= 11 is 0. The maximum atomic E-state index is 9.05. The Kier molecular flexibility index (Phi) is 5.52. The molecule has 0 aliphatic heterocycles. The van der Waals surface area contributed by atoms with Crippen LogP contribution in [0.25, 0.3) is 0 Å². The van der Waals surface area contributed by atoms with Gasteiger partial charge in [0, 0.05) is 6.54 Å². The Morgan fingerprint density at radius 1 is 1.30 bits per heavy atom. The number of rotatable bonds is 5. The van der Waals surface area contributed by atoms with E-state index in [9.17, 15) is 0 Å². The van der Waals surface area contributed by atoms with E-state index in [2.05, 4.69) is 0 Å². The highest BCUT2D eigenvalue weighted by atomic mass is 16.5. The summed E-state index contributed by atoms with van der Waals surface area (Å²) < 4.78 is 0. The maximum Gasteiger partial charge on any atom is 0.0812 e. The smallest absolute Gasteiger partial charge is 0.0812 e. The molecule has 2 unspecified atom stereocenters. The molecule has 0 aromatic heterocycles. The molecule has 0 bridgehead atoms. The summed E-state index contributed by atoms with van der Waals surface area (Å²) in [7, 11) is 0. The Morgan fingerprint density at radius 2 is 1.90 bits per heavy atom. The lowest BCUT2D eigenvalue weighted by Crippen LogP contribution is -2.28. The number of nitrogens with one attached hydrogen (secondary N) is 1. The molecule has 10 heavy (non-hydrogen) atoms. The molecule has 0 aromatic rings. The molecule has 2 atom stereocenters. The van der Waals surface area contributed by atoms with Gasteiger partial charge >= 0.3 is 0 Å². The summed E-state index contributed by atoms with van der Waals surface area (Å²) in [6.45, 7) is 2.10. The molecule has 0 rings (SSSR count). The highest BCUT2D eigenvalue weighted by molar-refractivity contribution is 4.64. The van der Waals surface area contributed by atoms with Gasteiger partial charge in [-0.05, 0) is 12.8 Å². The number of aliphatic hydroxyl groups is 2. The molecule has 4 nitrogen and oxygen atoms in total. The first-order chi connectivity index (χ1) is 4.72. The summed E-state index contributed by atoms with van der Waals surface area (Å²) in [5.41, 5.74) is 1.91. The van der Waals surface area contributed by atoms with Gasteiger partial charge in [-0.3, -0.25) is 0 Å². The van der Waals surface area contributed by atoms with Crippen LogP contribution in [-0.4, -0.2) is 34.2 Å². The van der Waals surface area contributed by atoms with Crippen molar-refractivity contribution >= 4 is 0 Å². The van der Waals surface area contributed by atoms with Crippen molar-refractivity contribution in [3.8, 4) is 0 Å². The molecule has 62 valence electrons. The average Bonchev–Trinajstić information content (AvgIpc) is 1.98. The van der Waals surface area contributed by atoms with Crippen molar-refractivity contribution in [1.82, 2.24) is 5.48 Å². The molecule has 0 saturated carbocycles. The van der Waals surface area contributed by atoms with Crippen LogP contribution in [0.3, 0.4) is 0 Å². The standard InChI is InChI=1S/C6H15NO3/c1-2-5(8)6(9)3-4-7-10/h5-10H,2-4H2,1H3. The quantitative estimate of drug-likeness (QED) is 0.397. The largest absolute Gasteiger partial charge is 0.390 e. The Balaban J connectivity index is 3.31. The summed E-state index contributed by atoms with van der Waals surface area (Å²) in [5, 5.41) is 26.2. The van der Waals surface area contributed by atoms with Crippen molar-refractivity contribution in [2.45, 2.75) is 32.0 Å². The second-order valence-corrected chi connectivity index (χ2v) is 2.24. The molecular formula is C6H15NO3. The molecule has 0 saturated heterocycles. The minimum Gasteiger partial charge on any atom is -0.390 e. The lowest BCUT2D eigenvalue weighted by atomic mass is 10.1. The number of hydrogen-bond acceptors (Lipinski definition) is 4. The summed E-state index contributed by atoms with van der Waals surface area (Å²) in [6.07, 6.45) is -0.504. The molecule has 0 aliphatic carbocycles. The first kappa shape index (κ1) is 9.84. The predicted octanol–water partition coefficient (Wildman–Crippen LogP) is -0.513. The molecule has 4 N–H and O–H groups in total. The highest BCUT2D eigenvalue weighted by Crippen LogP contribution is 2.00. The zero-order valence-corrected chi connectivity index (χ0v) is 6.12. The third kappa shape index (κ3) is 3.79. The van der Waals surface area contributed by atoms with E-state index in [1.807, 2.05) is 5.48 Å². The first-order valence-corrected chi connectivity index (χ1v) is 3.45. The lowest BCUT2D eigenvalue weighted by Gasteiger charge is -2.14. The van der Waals surface area contributed by atoms with Crippen molar-refractivity contribution in [3.63, 3.8) is 0 Å². The van der Waals surface area contributed by atoms with E-state index in [0.29, 0.717) is 19.4 Å². The minimum atomic E-state index is -0.732. The molecule has 0 radical (unpaired) electrons. The van der Waals surface area contributed by atoms with Crippen LogP contribution in [-0.2, 0) is 0 Å². The predicted molar refractivity (Wildman–Crippen MR) is 36.7 cm³/mol. The van der Waals surface area contributed by atoms with Crippen LogP contribution in [0.2, 0.25) is 0 Å². The van der Waals surface area contributed by atoms with E-state index in [1.54, 1.807) is 6.92 Å². The number of hydroxylamine groups is 1. The monoisotopic (exact) mass is 149 g/mol. The first-order valence-electron chi connectivity index (χ1n) is 3.45. The number of hydrogen-bond donors (Lipinski definition) is 4. The third-order valence-electron chi connectivity index (χ3n) is 1.41. The molecule has 0 amide bonds. The highest BCUT2D eigenvalue weighted by Gasteiger charge is 2.12. The van der Waals surface area contributed by atoms with Gasteiger partial charge in [0.1, 0.15) is 0 Å². The van der Waals surface area contributed by atoms with Crippen molar-refractivity contribution in [2.24, 2.45) is 0 Å². The van der Waals surface area contributed by atoms with E-state index >= 15 is 0 Å². The van der Waals surface area contributed by atoms with Crippen LogP contribution in [0.1, 0.15) is 19.8 Å². The van der Waals surface area contributed by atoms with Gasteiger partial charge in [0.25, 0.3) is 0 Å². The molecule has 0 heterocycles. The van der Waals surface area contributed by atoms with Crippen LogP contribution in [0.5, 0.6) is 0 Å². The van der Waals surface area contributed by atoms with Gasteiger partial charge in [-0.15, -0.1) is 0 Å². The minimum absolute atomic E-state index is 0.304. The van der Waals surface area contributed by atoms with Gasteiger partial charge in [0.2, 0.25) is 0 Å².